The third-order valence-electron chi connectivity index (χ3n) is 4.07. The number of hydrogen-bond donors (Lipinski definition) is 2. The van der Waals surface area contributed by atoms with Crippen molar-refractivity contribution in [1.82, 2.24) is 5.32 Å². The molecule has 9 nitrogen and oxygen atoms in total. The number of amides is 2. The van der Waals surface area contributed by atoms with Crippen molar-refractivity contribution >= 4 is 38.4 Å². The van der Waals surface area contributed by atoms with Gasteiger partial charge < -0.3 is 23.9 Å². The summed E-state index contributed by atoms with van der Waals surface area (Å²) in [7, 11) is -4.21. The number of nitrogens with one attached hydrogen (secondary N) is 2. The van der Waals surface area contributed by atoms with Gasteiger partial charge in [-0.05, 0) is 6.42 Å². The number of anilines is 1. The average molecular weight is 514 g/mol. The van der Waals surface area contributed by atoms with E-state index in [4.69, 9.17) is 13.3 Å². The van der Waals surface area contributed by atoms with Crippen LogP contribution < -0.4 is 10.6 Å². The van der Waals surface area contributed by atoms with Crippen molar-refractivity contribution in [3.05, 3.63) is 29.1 Å². The quantitative estimate of drug-likeness (QED) is 0.152. The van der Waals surface area contributed by atoms with Crippen LogP contribution in [0.4, 0.5) is 32.4 Å². The SMILES string of the molecule is CCC(=O)O[Si](CCCNC(=O)Nc1c(F)c(F)c(F)c(F)c1F)(OC(=O)CC)OC(=O)CC. The molecule has 1 aromatic carbocycles. The van der Waals surface area contributed by atoms with Crippen LogP contribution in [0.3, 0.4) is 0 Å². The van der Waals surface area contributed by atoms with Gasteiger partial charge >= 0.3 is 14.8 Å². The molecule has 0 aliphatic heterocycles. The Kier molecular flexibility index (Phi) is 10.9. The lowest BCUT2D eigenvalue weighted by molar-refractivity contribution is -0.150. The summed E-state index contributed by atoms with van der Waals surface area (Å²) >= 11 is 0. The Morgan fingerprint density at radius 3 is 1.47 bits per heavy atom. The Balaban J connectivity index is 2.90. The highest BCUT2D eigenvalue weighted by molar-refractivity contribution is 6.65. The zero-order valence-corrected chi connectivity index (χ0v) is 19.5. The first-order chi connectivity index (χ1) is 15.9. The maximum atomic E-state index is 13.7. The molecule has 190 valence electrons. The van der Waals surface area contributed by atoms with E-state index in [1.165, 1.54) is 26.1 Å². The van der Waals surface area contributed by atoms with Crippen molar-refractivity contribution < 1.29 is 54.4 Å². The van der Waals surface area contributed by atoms with Gasteiger partial charge in [0.05, 0.1) is 6.04 Å². The minimum atomic E-state index is -4.21. The number of halogens is 5. The van der Waals surface area contributed by atoms with Gasteiger partial charge in [0.1, 0.15) is 5.69 Å². The van der Waals surface area contributed by atoms with E-state index in [-0.39, 0.29) is 38.3 Å². The molecule has 0 saturated heterocycles. The van der Waals surface area contributed by atoms with Crippen molar-refractivity contribution in [2.45, 2.75) is 52.5 Å². The molecule has 15 heteroatoms. The molecule has 1 aromatic rings. The fourth-order valence-electron chi connectivity index (χ4n) is 2.33. The van der Waals surface area contributed by atoms with Gasteiger partial charge in [0.2, 0.25) is 5.82 Å². The van der Waals surface area contributed by atoms with Gasteiger partial charge in [-0.15, -0.1) is 0 Å². The van der Waals surface area contributed by atoms with Crippen molar-refractivity contribution in [3.63, 3.8) is 0 Å². The Morgan fingerprint density at radius 2 is 1.09 bits per heavy atom. The van der Waals surface area contributed by atoms with Crippen molar-refractivity contribution in [1.29, 1.82) is 0 Å². The molecule has 2 amide bonds. The normalized spacial score (nSPS) is 10.9. The van der Waals surface area contributed by atoms with Crippen LogP contribution in [0.2, 0.25) is 6.04 Å². The highest BCUT2D eigenvalue weighted by Crippen LogP contribution is 2.27. The largest absolute Gasteiger partial charge is 0.705 e. The Labute approximate surface area is 192 Å². The molecule has 0 heterocycles. The lowest BCUT2D eigenvalue weighted by atomic mass is 10.2. The van der Waals surface area contributed by atoms with Gasteiger partial charge in [0, 0.05) is 25.8 Å². The fraction of sp³-hybridized carbons (Fsp3) is 0.474. The minimum absolute atomic E-state index is 0.120. The minimum Gasteiger partial charge on any atom is -0.455 e. The molecule has 0 unspecified atom stereocenters. The molecule has 2 N–H and O–H groups in total. The second-order valence-corrected chi connectivity index (χ2v) is 9.07. The molecule has 34 heavy (non-hydrogen) atoms. The molecule has 0 saturated carbocycles. The van der Waals surface area contributed by atoms with E-state index < -0.39 is 67.5 Å². The van der Waals surface area contributed by atoms with Gasteiger partial charge in [-0.25, -0.2) is 26.7 Å². The standard InChI is InChI=1S/C19H23F5N2O7Si/c1-4-10(27)31-34(32-11(28)5-2,33-12(29)6-3)9-7-8-25-19(30)26-18-16(23)14(21)13(20)15(22)17(18)24/h4-9H2,1-3H3,(H2,25,26,30). The number of urea groups is 1. The molecule has 0 aliphatic carbocycles. The zero-order valence-electron chi connectivity index (χ0n) is 18.5. The Bertz CT molecular complexity index is 874. The van der Waals surface area contributed by atoms with Gasteiger partial charge in [-0.1, -0.05) is 20.8 Å². The average Bonchev–Trinajstić information content (AvgIpc) is 2.81. The molecular formula is C19H23F5N2O7Si. The summed E-state index contributed by atoms with van der Waals surface area (Å²) in [5.41, 5.74) is -1.55. The summed E-state index contributed by atoms with van der Waals surface area (Å²) < 4.78 is 82.4. The molecule has 0 atom stereocenters. The van der Waals surface area contributed by atoms with E-state index in [0.717, 1.165) is 0 Å². The van der Waals surface area contributed by atoms with Crippen molar-refractivity contribution in [2.24, 2.45) is 0 Å². The third-order valence-corrected chi connectivity index (χ3v) is 6.65. The van der Waals surface area contributed by atoms with Crippen LogP contribution in [0.25, 0.3) is 0 Å². The summed E-state index contributed by atoms with van der Waals surface area (Å²) in [6.45, 7) is 4.05. The molecule has 0 aliphatic rings. The first-order valence-corrected chi connectivity index (χ1v) is 12.1. The second kappa shape index (κ2) is 12.9. The highest BCUT2D eigenvalue weighted by atomic mass is 28.4. The van der Waals surface area contributed by atoms with Gasteiger partial charge in [0.15, 0.2) is 23.3 Å². The van der Waals surface area contributed by atoms with E-state index in [2.05, 4.69) is 5.32 Å². The number of benzene rings is 1. The maximum Gasteiger partial charge on any atom is 0.705 e. The summed E-state index contributed by atoms with van der Waals surface area (Å²) in [4.78, 5) is 47.4. The van der Waals surface area contributed by atoms with Crippen molar-refractivity contribution in [3.8, 4) is 0 Å². The first-order valence-electron chi connectivity index (χ1n) is 10.1. The topological polar surface area (TPSA) is 120 Å². The van der Waals surface area contributed by atoms with Crippen LogP contribution in [0.15, 0.2) is 0 Å². The monoisotopic (exact) mass is 514 g/mol. The molecule has 1 rings (SSSR count). The van der Waals surface area contributed by atoms with Gasteiger partial charge in [-0.2, -0.15) is 0 Å². The number of carbonyl (C=O) groups is 4. The Morgan fingerprint density at radius 1 is 0.706 bits per heavy atom. The van der Waals surface area contributed by atoms with Crippen LogP contribution in [0.1, 0.15) is 46.5 Å². The van der Waals surface area contributed by atoms with E-state index >= 15 is 0 Å². The highest BCUT2D eigenvalue weighted by Gasteiger charge is 2.52. The van der Waals surface area contributed by atoms with E-state index in [1.807, 2.05) is 0 Å². The Hall–Kier alpha value is -3.23. The van der Waals surface area contributed by atoms with E-state index in [0.29, 0.717) is 0 Å². The van der Waals surface area contributed by atoms with Gasteiger partial charge in [0.25, 0.3) is 17.9 Å². The maximum absolute atomic E-state index is 13.7. The lowest BCUT2D eigenvalue weighted by Gasteiger charge is -2.27. The predicted octanol–water partition coefficient (Wildman–Crippen LogP) is 3.69. The summed E-state index contributed by atoms with van der Waals surface area (Å²) in [6, 6.07) is -1.63. The molecule has 0 spiro atoms. The summed E-state index contributed by atoms with van der Waals surface area (Å²) in [6.07, 6.45) is -0.484. The molecule has 0 fully saturated rings. The van der Waals surface area contributed by atoms with Gasteiger partial charge in [-0.3, -0.25) is 14.4 Å². The van der Waals surface area contributed by atoms with E-state index in [1.54, 1.807) is 0 Å². The lowest BCUT2D eigenvalue weighted by Crippen LogP contribution is -2.50. The van der Waals surface area contributed by atoms with E-state index in [9.17, 15) is 41.1 Å². The van der Waals surface area contributed by atoms with Crippen LogP contribution in [-0.4, -0.2) is 39.3 Å². The summed E-state index contributed by atoms with van der Waals surface area (Å²) in [5, 5.41) is 3.61. The summed E-state index contributed by atoms with van der Waals surface area (Å²) in [5.74, 6) is -13.8. The molecular weight excluding hydrogens is 491 g/mol. The van der Waals surface area contributed by atoms with Crippen LogP contribution in [0, 0.1) is 29.1 Å². The fourth-order valence-corrected chi connectivity index (χ4v) is 4.85. The third kappa shape index (κ3) is 7.67. The van der Waals surface area contributed by atoms with Crippen molar-refractivity contribution in [2.75, 3.05) is 11.9 Å². The second-order valence-electron chi connectivity index (χ2n) is 6.60. The zero-order chi connectivity index (χ0) is 26.1. The molecule has 0 aromatic heterocycles. The van der Waals surface area contributed by atoms with Crippen LogP contribution in [-0.2, 0) is 27.7 Å². The first kappa shape index (κ1) is 28.8. The molecule has 0 bridgehead atoms. The van der Waals surface area contributed by atoms with Crippen LogP contribution in [0.5, 0.6) is 0 Å². The van der Waals surface area contributed by atoms with Crippen LogP contribution >= 0.6 is 0 Å². The molecule has 0 radical (unpaired) electrons. The number of hydrogen-bond acceptors (Lipinski definition) is 7. The predicted molar refractivity (Wildman–Crippen MR) is 108 cm³/mol. The number of rotatable bonds is 11. The number of carbonyl (C=O) groups excluding carboxylic acids is 4. The smallest absolute Gasteiger partial charge is 0.455 e.